The van der Waals surface area contributed by atoms with Gasteiger partial charge in [-0.15, -0.1) is 0 Å². The van der Waals surface area contributed by atoms with E-state index in [0.717, 1.165) is 19.3 Å². The normalized spacial score (nSPS) is 11.4. The first kappa shape index (κ1) is 48.3. The predicted molar refractivity (Wildman–Crippen MR) is 202 cm³/mol. The third-order valence-electron chi connectivity index (χ3n) is 7.75. The minimum atomic E-state index is 0.434. The second-order valence-corrected chi connectivity index (χ2v) is 12.2. The second kappa shape index (κ2) is 42.0. The van der Waals surface area contributed by atoms with Crippen LogP contribution in [0.1, 0.15) is 87.9 Å². The van der Waals surface area contributed by atoms with Gasteiger partial charge in [0.1, 0.15) is 18.6 Å². The zero-order chi connectivity index (χ0) is 37.1. The SMILES string of the molecule is CCCCCCCCCCCCCOCCOCCOCCOCCOCCOCCOCCOCCOCCOCCOc1ccc(C=O)cc1. The summed E-state index contributed by atoms with van der Waals surface area (Å²) in [4.78, 5) is 10.6. The number of hydrogen-bond donors (Lipinski definition) is 0. The highest BCUT2D eigenvalue weighted by Crippen LogP contribution is 2.12. The third-order valence-corrected chi connectivity index (χ3v) is 7.75. The molecule has 0 amide bonds. The highest BCUT2D eigenvalue weighted by molar-refractivity contribution is 5.74. The molecule has 1 aromatic rings. The van der Waals surface area contributed by atoms with Crippen molar-refractivity contribution in [2.45, 2.75) is 77.6 Å². The maximum absolute atomic E-state index is 10.6. The fourth-order valence-corrected chi connectivity index (χ4v) is 4.81. The number of carbonyl (C=O) groups excluding carboxylic acids is 1. The molecule has 0 fully saturated rings. The Balaban J connectivity index is 1.62. The fourth-order valence-electron chi connectivity index (χ4n) is 4.81. The standard InChI is InChI=1S/C40H72O12/c1-2-3-4-5-6-7-8-9-10-11-12-17-42-18-19-43-20-21-44-22-23-45-24-25-46-26-27-47-28-29-48-30-31-49-32-33-50-34-35-51-36-37-52-40-15-13-39(38-41)14-16-40/h13-16,38H,2-12,17-37H2,1H3. The van der Waals surface area contributed by atoms with Crippen LogP contribution in [0.15, 0.2) is 24.3 Å². The molecule has 0 atom stereocenters. The van der Waals surface area contributed by atoms with Gasteiger partial charge in [0, 0.05) is 12.2 Å². The van der Waals surface area contributed by atoms with Crippen LogP contribution in [0, 0.1) is 0 Å². The van der Waals surface area contributed by atoms with Gasteiger partial charge in [-0.1, -0.05) is 71.1 Å². The van der Waals surface area contributed by atoms with E-state index in [-0.39, 0.29) is 0 Å². The van der Waals surface area contributed by atoms with Crippen LogP contribution in [0.3, 0.4) is 0 Å². The van der Waals surface area contributed by atoms with Gasteiger partial charge >= 0.3 is 0 Å². The van der Waals surface area contributed by atoms with Gasteiger partial charge in [-0.05, 0) is 30.7 Å². The Hall–Kier alpha value is -1.71. The molecule has 0 aliphatic carbocycles. The number of benzene rings is 1. The molecule has 52 heavy (non-hydrogen) atoms. The lowest BCUT2D eigenvalue weighted by Crippen LogP contribution is -2.15. The molecule has 0 N–H and O–H groups in total. The van der Waals surface area contributed by atoms with E-state index in [9.17, 15) is 4.79 Å². The summed E-state index contributed by atoms with van der Waals surface area (Å²) < 4.78 is 60.8. The van der Waals surface area contributed by atoms with Crippen LogP contribution < -0.4 is 4.74 Å². The average molecular weight is 745 g/mol. The van der Waals surface area contributed by atoms with Crippen molar-refractivity contribution in [3.63, 3.8) is 0 Å². The Morgan fingerprint density at radius 3 is 0.923 bits per heavy atom. The zero-order valence-corrected chi connectivity index (χ0v) is 32.4. The summed E-state index contributed by atoms with van der Waals surface area (Å²) in [5.41, 5.74) is 0.621. The Morgan fingerprint density at radius 1 is 0.346 bits per heavy atom. The number of aldehydes is 1. The zero-order valence-electron chi connectivity index (χ0n) is 32.4. The first-order valence-corrected chi connectivity index (χ1v) is 19.8. The van der Waals surface area contributed by atoms with Crippen LogP contribution in [0.5, 0.6) is 5.75 Å². The van der Waals surface area contributed by atoms with E-state index in [1.807, 2.05) is 0 Å². The second-order valence-electron chi connectivity index (χ2n) is 12.2. The van der Waals surface area contributed by atoms with Gasteiger partial charge in [0.2, 0.25) is 0 Å². The molecule has 0 heterocycles. The van der Waals surface area contributed by atoms with Gasteiger partial charge in [-0.2, -0.15) is 0 Å². The van der Waals surface area contributed by atoms with Crippen LogP contribution in [0.4, 0.5) is 0 Å². The lowest BCUT2D eigenvalue weighted by Gasteiger charge is -2.09. The predicted octanol–water partition coefficient (Wildman–Crippen LogP) is 6.35. The highest BCUT2D eigenvalue weighted by atomic mass is 16.6. The molecule has 12 nitrogen and oxygen atoms in total. The van der Waals surface area contributed by atoms with E-state index in [1.54, 1.807) is 24.3 Å². The molecule has 0 radical (unpaired) electrons. The summed E-state index contributed by atoms with van der Waals surface area (Å²) in [5.74, 6) is 0.707. The number of hydrogen-bond acceptors (Lipinski definition) is 12. The lowest BCUT2D eigenvalue weighted by atomic mass is 10.1. The molecule has 0 aliphatic rings. The number of rotatable bonds is 44. The van der Waals surface area contributed by atoms with Gasteiger partial charge in [0.15, 0.2) is 0 Å². The molecular weight excluding hydrogens is 672 g/mol. The van der Waals surface area contributed by atoms with Crippen LogP contribution in [-0.2, 0) is 47.4 Å². The van der Waals surface area contributed by atoms with Gasteiger partial charge in [0.05, 0.1) is 126 Å². The number of ether oxygens (including phenoxy) is 11. The van der Waals surface area contributed by atoms with Crippen molar-refractivity contribution < 1.29 is 56.9 Å². The van der Waals surface area contributed by atoms with Crippen LogP contribution in [0.2, 0.25) is 0 Å². The van der Waals surface area contributed by atoms with Crippen molar-refractivity contribution in [2.24, 2.45) is 0 Å². The first-order valence-electron chi connectivity index (χ1n) is 19.8. The third kappa shape index (κ3) is 36.6. The maximum Gasteiger partial charge on any atom is 0.150 e. The maximum atomic E-state index is 10.6. The lowest BCUT2D eigenvalue weighted by molar-refractivity contribution is -0.0267. The summed E-state index contributed by atoms with van der Waals surface area (Å²) in [7, 11) is 0. The van der Waals surface area contributed by atoms with Crippen LogP contribution in [0.25, 0.3) is 0 Å². The summed E-state index contributed by atoms with van der Waals surface area (Å²) in [6.07, 6.45) is 15.6. The summed E-state index contributed by atoms with van der Waals surface area (Å²) in [6.45, 7) is 13.5. The minimum absolute atomic E-state index is 0.434. The van der Waals surface area contributed by atoms with E-state index in [4.69, 9.17) is 52.1 Å². The Bertz CT molecular complexity index is 829. The monoisotopic (exact) mass is 745 g/mol. The average Bonchev–Trinajstić information content (AvgIpc) is 3.17. The largest absolute Gasteiger partial charge is 0.491 e. The number of unbranched alkanes of at least 4 members (excludes halogenated alkanes) is 10. The summed E-state index contributed by atoms with van der Waals surface area (Å²) in [5, 5.41) is 0. The van der Waals surface area contributed by atoms with Crippen molar-refractivity contribution in [3.8, 4) is 5.75 Å². The fraction of sp³-hybridized carbons (Fsp3) is 0.825. The minimum Gasteiger partial charge on any atom is -0.491 e. The smallest absolute Gasteiger partial charge is 0.150 e. The van der Waals surface area contributed by atoms with Crippen molar-refractivity contribution in [1.82, 2.24) is 0 Å². The molecule has 304 valence electrons. The van der Waals surface area contributed by atoms with Crippen molar-refractivity contribution in [2.75, 3.05) is 139 Å². The van der Waals surface area contributed by atoms with Crippen molar-refractivity contribution in [1.29, 1.82) is 0 Å². The van der Waals surface area contributed by atoms with Gasteiger partial charge in [0.25, 0.3) is 0 Å². The molecule has 0 unspecified atom stereocenters. The molecule has 0 aromatic heterocycles. The molecule has 0 saturated heterocycles. The number of carbonyl (C=O) groups is 1. The van der Waals surface area contributed by atoms with Crippen molar-refractivity contribution >= 4 is 6.29 Å². The van der Waals surface area contributed by atoms with E-state index in [0.29, 0.717) is 143 Å². The molecule has 0 aliphatic heterocycles. The molecule has 0 spiro atoms. The quantitative estimate of drug-likeness (QED) is 0.0547. The van der Waals surface area contributed by atoms with Gasteiger partial charge in [-0.3, -0.25) is 4.79 Å². The van der Waals surface area contributed by atoms with E-state index in [2.05, 4.69) is 6.92 Å². The van der Waals surface area contributed by atoms with Crippen LogP contribution >= 0.6 is 0 Å². The molecular formula is C40H72O12. The first-order chi connectivity index (χ1) is 25.9. The van der Waals surface area contributed by atoms with E-state index in [1.165, 1.54) is 64.2 Å². The van der Waals surface area contributed by atoms with Crippen molar-refractivity contribution in [3.05, 3.63) is 29.8 Å². The topological polar surface area (TPSA) is 119 Å². The molecule has 1 aromatic carbocycles. The van der Waals surface area contributed by atoms with Gasteiger partial charge < -0.3 is 52.1 Å². The molecule has 0 saturated carbocycles. The van der Waals surface area contributed by atoms with E-state index < -0.39 is 0 Å². The van der Waals surface area contributed by atoms with E-state index >= 15 is 0 Å². The highest BCUT2D eigenvalue weighted by Gasteiger charge is 1.98. The molecule has 0 bridgehead atoms. The summed E-state index contributed by atoms with van der Waals surface area (Å²) in [6, 6.07) is 6.95. The van der Waals surface area contributed by atoms with Crippen LogP contribution in [-0.4, -0.2) is 145 Å². The van der Waals surface area contributed by atoms with Gasteiger partial charge in [-0.25, -0.2) is 0 Å². The Labute approximate surface area is 314 Å². The Morgan fingerprint density at radius 2 is 0.615 bits per heavy atom. The molecule has 12 heteroatoms. The molecule has 1 rings (SSSR count). The Kier molecular flexibility index (Phi) is 39.1. The summed E-state index contributed by atoms with van der Waals surface area (Å²) >= 11 is 0.